The number of esters is 1. The Bertz CT molecular complexity index is 750. The fourth-order valence-corrected chi connectivity index (χ4v) is 2.69. The fraction of sp³-hybridized carbons (Fsp3) is 0.353. The highest BCUT2D eigenvalue weighted by Crippen LogP contribution is 2.34. The van der Waals surface area contributed by atoms with E-state index in [1.807, 2.05) is 12.3 Å². The van der Waals surface area contributed by atoms with E-state index < -0.39 is 5.97 Å². The molecule has 0 bridgehead atoms. The highest BCUT2D eigenvalue weighted by molar-refractivity contribution is 7.98. The van der Waals surface area contributed by atoms with Gasteiger partial charge in [-0.2, -0.15) is 0 Å². The van der Waals surface area contributed by atoms with Crippen molar-refractivity contribution in [3.8, 4) is 22.8 Å². The number of hydrogen-bond donors (Lipinski definition) is 0. The monoisotopic (exact) mass is 348 g/mol. The first kappa shape index (κ1) is 18.1. The van der Waals surface area contributed by atoms with Crippen molar-refractivity contribution >= 4 is 17.7 Å². The minimum Gasteiger partial charge on any atom is -0.493 e. The zero-order valence-corrected chi connectivity index (χ0v) is 15.2. The molecular formula is C17H20N2O4S. The highest BCUT2D eigenvalue weighted by atomic mass is 32.2. The molecule has 0 aliphatic carbocycles. The van der Waals surface area contributed by atoms with Gasteiger partial charge in [0, 0.05) is 5.56 Å². The Morgan fingerprint density at radius 1 is 1.17 bits per heavy atom. The first-order valence-corrected chi connectivity index (χ1v) is 8.60. The molecule has 1 aromatic carbocycles. The summed E-state index contributed by atoms with van der Waals surface area (Å²) >= 11 is 1.41. The van der Waals surface area contributed by atoms with Gasteiger partial charge in [-0.15, -0.1) is 0 Å². The molecule has 2 rings (SSSR count). The van der Waals surface area contributed by atoms with Gasteiger partial charge in [0.25, 0.3) is 0 Å². The molecule has 6 nitrogen and oxygen atoms in total. The second-order valence-electron chi connectivity index (χ2n) is 4.81. The molecule has 0 radical (unpaired) electrons. The quantitative estimate of drug-likeness (QED) is 0.450. The predicted molar refractivity (Wildman–Crippen MR) is 93.0 cm³/mol. The van der Waals surface area contributed by atoms with Gasteiger partial charge in [0.1, 0.15) is 5.56 Å². The Kier molecular flexibility index (Phi) is 6.03. The molecule has 0 saturated carbocycles. The van der Waals surface area contributed by atoms with Crippen molar-refractivity contribution in [3.05, 3.63) is 29.5 Å². The Morgan fingerprint density at radius 2 is 1.88 bits per heavy atom. The summed E-state index contributed by atoms with van der Waals surface area (Å²) in [6, 6.07) is 5.39. The fourth-order valence-electron chi connectivity index (χ4n) is 2.28. The van der Waals surface area contributed by atoms with E-state index in [-0.39, 0.29) is 6.61 Å². The van der Waals surface area contributed by atoms with Crippen LogP contribution in [0.4, 0.5) is 0 Å². The van der Waals surface area contributed by atoms with E-state index in [1.54, 1.807) is 40.2 Å². The van der Waals surface area contributed by atoms with Crippen LogP contribution in [0, 0.1) is 6.92 Å². The summed E-state index contributed by atoms with van der Waals surface area (Å²) in [6.07, 6.45) is 1.89. The van der Waals surface area contributed by atoms with Crippen LogP contribution in [0.3, 0.4) is 0 Å². The zero-order valence-electron chi connectivity index (χ0n) is 14.4. The number of carbonyl (C=O) groups is 1. The standard InChI is InChI=1S/C17H20N2O4S/c1-6-23-16(20)14-10(2)18-17(24-5)19-15(14)11-7-8-12(21-3)13(9-11)22-4/h7-9H,6H2,1-5H3. The van der Waals surface area contributed by atoms with E-state index in [0.717, 1.165) is 5.56 Å². The minimum atomic E-state index is -0.438. The summed E-state index contributed by atoms with van der Waals surface area (Å²) < 4.78 is 15.8. The summed E-state index contributed by atoms with van der Waals surface area (Å²) in [5.41, 5.74) is 2.20. The molecule has 0 aliphatic heterocycles. The van der Waals surface area contributed by atoms with Gasteiger partial charge in [-0.25, -0.2) is 14.8 Å². The number of aryl methyl sites for hydroxylation is 1. The number of ether oxygens (including phenoxy) is 3. The average molecular weight is 348 g/mol. The van der Waals surface area contributed by atoms with Gasteiger partial charge in [0.15, 0.2) is 16.7 Å². The maximum atomic E-state index is 12.4. The molecule has 24 heavy (non-hydrogen) atoms. The first-order valence-electron chi connectivity index (χ1n) is 7.37. The lowest BCUT2D eigenvalue weighted by Crippen LogP contribution is -2.12. The van der Waals surface area contributed by atoms with Gasteiger partial charge in [0.2, 0.25) is 0 Å². The molecule has 0 fully saturated rings. The lowest BCUT2D eigenvalue weighted by Gasteiger charge is -2.14. The Balaban J connectivity index is 2.67. The van der Waals surface area contributed by atoms with Gasteiger partial charge >= 0.3 is 5.97 Å². The molecule has 0 spiro atoms. The van der Waals surface area contributed by atoms with Crippen LogP contribution in [0.15, 0.2) is 23.4 Å². The molecule has 0 unspecified atom stereocenters. The van der Waals surface area contributed by atoms with E-state index in [4.69, 9.17) is 14.2 Å². The van der Waals surface area contributed by atoms with Crippen molar-refractivity contribution in [1.29, 1.82) is 0 Å². The maximum Gasteiger partial charge on any atom is 0.342 e. The van der Waals surface area contributed by atoms with Gasteiger partial charge in [-0.3, -0.25) is 0 Å². The molecule has 2 aromatic rings. The number of aromatic nitrogens is 2. The Labute approximate surface area is 145 Å². The number of hydrogen-bond acceptors (Lipinski definition) is 7. The van der Waals surface area contributed by atoms with Crippen molar-refractivity contribution in [2.24, 2.45) is 0 Å². The third kappa shape index (κ3) is 3.62. The maximum absolute atomic E-state index is 12.4. The number of thioether (sulfide) groups is 1. The van der Waals surface area contributed by atoms with Crippen molar-refractivity contribution in [2.45, 2.75) is 19.0 Å². The lowest BCUT2D eigenvalue weighted by atomic mass is 10.0. The molecule has 0 atom stereocenters. The smallest absolute Gasteiger partial charge is 0.342 e. The van der Waals surface area contributed by atoms with Gasteiger partial charge in [0.05, 0.1) is 32.2 Å². The van der Waals surface area contributed by atoms with Crippen LogP contribution < -0.4 is 9.47 Å². The number of methoxy groups -OCH3 is 2. The van der Waals surface area contributed by atoms with Crippen LogP contribution in [0.1, 0.15) is 23.0 Å². The largest absolute Gasteiger partial charge is 0.493 e. The molecule has 1 aromatic heterocycles. The van der Waals surface area contributed by atoms with Crippen molar-refractivity contribution < 1.29 is 19.0 Å². The summed E-state index contributed by atoms with van der Waals surface area (Å²) in [5, 5.41) is 0.588. The molecule has 0 N–H and O–H groups in total. The summed E-state index contributed by atoms with van der Waals surface area (Å²) in [7, 11) is 3.13. The van der Waals surface area contributed by atoms with Crippen LogP contribution in [0.5, 0.6) is 11.5 Å². The van der Waals surface area contributed by atoms with Crippen LogP contribution in [-0.4, -0.2) is 43.0 Å². The van der Waals surface area contributed by atoms with E-state index in [2.05, 4.69) is 9.97 Å². The molecule has 1 heterocycles. The summed E-state index contributed by atoms with van der Waals surface area (Å²) in [4.78, 5) is 21.2. The molecule has 128 valence electrons. The second-order valence-corrected chi connectivity index (χ2v) is 5.58. The Hall–Kier alpha value is -2.28. The number of carbonyl (C=O) groups excluding carboxylic acids is 1. The van der Waals surface area contributed by atoms with Gasteiger partial charge < -0.3 is 14.2 Å². The van der Waals surface area contributed by atoms with Crippen LogP contribution in [0.2, 0.25) is 0 Å². The predicted octanol–water partition coefficient (Wildman–Crippen LogP) is 3.37. The van der Waals surface area contributed by atoms with Crippen LogP contribution in [-0.2, 0) is 4.74 Å². The van der Waals surface area contributed by atoms with Crippen LogP contribution >= 0.6 is 11.8 Å². The average Bonchev–Trinajstić information content (AvgIpc) is 2.60. The second kappa shape index (κ2) is 8.01. The number of benzene rings is 1. The third-order valence-electron chi connectivity index (χ3n) is 3.39. The number of rotatable bonds is 6. The molecule has 0 aliphatic rings. The van der Waals surface area contributed by atoms with E-state index in [9.17, 15) is 4.79 Å². The Morgan fingerprint density at radius 3 is 2.46 bits per heavy atom. The van der Waals surface area contributed by atoms with Crippen molar-refractivity contribution in [3.63, 3.8) is 0 Å². The van der Waals surface area contributed by atoms with E-state index in [0.29, 0.717) is 33.6 Å². The summed E-state index contributed by atoms with van der Waals surface area (Å²) in [5.74, 6) is 0.731. The van der Waals surface area contributed by atoms with Crippen molar-refractivity contribution in [1.82, 2.24) is 9.97 Å². The zero-order chi connectivity index (χ0) is 17.7. The van der Waals surface area contributed by atoms with Gasteiger partial charge in [-0.1, -0.05) is 11.8 Å². The van der Waals surface area contributed by atoms with E-state index >= 15 is 0 Å². The van der Waals surface area contributed by atoms with Gasteiger partial charge in [-0.05, 0) is 38.3 Å². The normalized spacial score (nSPS) is 10.4. The van der Waals surface area contributed by atoms with Crippen molar-refractivity contribution in [2.75, 3.05) is 27.1 Å². The molecular weight excluding hydrogens is 328 g/mol. The first-order chi connectivity index (χ1) is 11.5. The SMILES string of the molecule is CCOC(=O)c1c(C)nc(SC)nc1-c1ccc(OC)c(OC)c1. The minimum absolute atomic E-state index is 0.286. The topological polar surface area (TPSA) is 70.5 Å². The third-order valence-corrected chi connectivity index (χ3v) is 3.94. The lowest BCUT2D eigenvalue weighted by molar-refractivity contribution is 0.0525. The van der Waals surface area contributed by atoms with Crippen LogP contribution in [0.25, 0.3) is 11.3 Å². The highest BCUT2D eigenvalue weighted by Gasteiger charge is 2.22. The van der Waals surface area contributed by atoms with E-state index in [1.165, 1.54) is 11.8 Å². The summed E-state index contributed by atoms with van der Waals surface area (Å²) in [6.45, 7) is 3.83. The molecule has 0 amide bonds. The molecule has 7 heteroatoms. The number of nitrogens with zero attached hydrogens (tertiary/aromatic N) is 2. The molecule has 0 saturated heterocycles.